The number of nitrogens with one attached hydrogen (secondary N) is 1. The Kier molecular flexibility index (Phi) is 4.75. The molecular formula is C21H17F4NO5. The van der Waals surface area contributed by atoms with Crippen molar-refractivity contribution < 1.29 is 36.5 Å². The molecule has 164 valence electrons. The van der Waals surface area contributed by atoms with Crippen LogP contribution in [0.5, 0.6) is 28.7 Å². The zero-order chi connectivity index (χ0) is 22.6. The molecule has 2 aromatic carbocycles. The van der Waals surface area contributed by atoms with Gasteiger partial charge in [0.05, 0.1) is 12.6 Å². The minimum absolute atomic E-state index is 0.0136. The third-order valence-electron chi connectivity index (χ3n) is 4.91. The number of alkyl halides is 4. The Morgan fingerprint density at radius 3 is 2.32 bits per heavy atom. The van der Waals surface area contributed by atoms with Crippen LogP contribution in [-0.4, -0.2) is 24.3 Å². The van der Waals surface area contributed by atoms with Gasteiger partial charge in [-0.1, -0.05) is 6.92 Å². The van der Waals surface area contributed by atoms with Gasteiger partial charge < -0.3 is 23.9 Å². The van der Waals surface area contributed by atoms with E-state index in [2.05, 4.69) is 14.5 Å². The number of methoxy groups -OCH3 is 1. The average Bonchev–Trinajstić information content (AvgIpc) is 2.69. The van der Waals surface area contributed by atoms with Gasteiger partial charge in [-0.25, -0.2) is 0 Å². The summed E-state index contributed by atoms with van der Waals surface area (Å²) in [5, 5.41) is 0.349. The van der Waals surface area contributed by atoms with Crippen molar-refractivity contribution >= 4 is 10.9 Å². The molecule has 1 aliphatic rings. The monoisotopic (exact) mass is 439 g/mol. The minimum Gasteiger partial charge on any atom is -0.493 e. The molecule has 6 nitrogen and oxygen atoms in total. The maximum atomic E-state index is 13.5. The Bertz CT molecular complexity index is 1240. The molecule has 1 aromatic heterocycles. The Labute approximate surface area is 173 Å². The lowest BCUT2D eigenvalue weighted by Crippen LogP contribution is -2.52. The van der Waals surface area contributed by atoms with Gasteiger partial charge in [-0.3, -0.25) is 4.79 Å². The number of benzene rings is 2. The molecule has 0 aliphatic carbocycles. The van der Waals surface area contributed by atoms with Crippen LogP contribution in [0.1, 0.15) is 18.2 Å². The summed E-state index contributed by atoms with van der Waals surface area (Å²) >= 11 is 0. The first-order valence-electron chi connectivity index (χ1n) is 9.25. The Morgan fingerprint density at radius 2 is 1.68 bits per heavy atom. The highest BCUT2D eigenvalue weighted by atomic mass is 19.3. The fourth-order valence-corrected chi connectivity index (χ4v) is 3.36. The minimum atomic E-state index is -4.85. The molecule has 1 N–H and O–H groups in total. The molecule has 31 heavy (non-hydrogen) atoms. The van der Waals surface area contributed by atoms with Gasteiger partial charge in [0.25, 0.3) is 0 Å². The number of H-pyrrole nitrogens is 1. The molecule has 0 radical (unpaired) electrons. The van der Waals surface area contributed by atoms with Crippen molar-refractivity contribution in [3.8, 4) is 28.7 Å². The molecule has 0 spiro atoms. The van der Waals surface area contributed by atoms with Crippen molar-refractivity contribution in [3.63, 3.8) is 0 Å². The van der Waals surface area contributed by atoms with E-state index in [1.807, 2.05) is 6.92 Å². The molecule has 4 rings (SSSR count). The number of hydrogen-bond acceptors (Lipinski definition) is 5. The second-order valence-electron chi connectivity index (χ2n) is 6.91. The van der Waals surface area contributed by atoms with E-state index in [0.717, 1.165) is 17.8 Å². The number of halogens is 4. The summed E-state index contributed by atoms with van der Waals surface area (Å²) in [6.07, 6.45) is -9.12. The van der Waals surface area contributed by atoms with Crippen LogP contribution in [0.4, 0.5) is 17.6 Å². The maximum absolute atomic E-state index is 13.5. The van der Waals surface area contributed by atoms with Crippen LogP contribution in [0.15, 0.2) is 35.1 Å². The molecule has 0 saturated heterocycles. The quantitative estimate of drug-likeness (QED) is 0.569. The molecule has 3 aromatic rings. The number of rotatable bonds is 4. The van der Waals surface area contributed by atoms with E-state index in [-0.39, 0.29) is 22.7 Å². The highest BCUT2D eigenvalue weighted by molar-refractivity contribution is 5.83. The van der Waals surface area contributed by atoms with E-state index < -0.39 is 23.7 Å². The van der Waals surface area contributed by atoms with E-state index in [1.54, 1.807) is 13.0 Å². The standard InChI is InChI=1S/C21H17F4NO5/c1-4-12-10(2)26-14-9-16(28-3)17(8-13(14)19(12)27)29-11-5-6-15-18(7-11)31-21(24,25)20(22,23)30-15/h5-9H,4H2,1-3H3,(H,26,27). The van der Waals surface area contributed by atoms with Crippen LogP contribution in [0.2, 0.25) is 0 Å². The highest BCUT2D eigenvalue weighted by Gasteiger charge is 2.65. The summed E-state index contributed by atoms with van der Waals surface area (Å²) in [5.74, 6) is -0.804. The molecular weight excluding hydrogens is 422 g/mol. The predicted octanol–water partition coefficient (Wildman–Crippen LogP) is 5.16. The molecule has 0 amide bonds. The maximum Gasteiger partial charge on any atom is 0.507 e. The van der Waals surface area contributed by atoms with E-state index in [4.69, 9.17) is 9.47 Å². The predicted molar refractivity (Wildman–Crippen MR) is 103 cm³/mol. The second kappa shape index (κ2) is 7.07. The number of pyridine rings is 1. The molecule has 0 atom stereocenters. The van der Waals surface area contributed by atoms with E-state index in [0.29, 0.717) is 22.9 Å². The normalized spacial score (nSPS) is 16.2. The van der Waals surface area contributed by atoms with E-state index >= 15 is 0 Å². The summed E-state index contributed by atoms with van der Waals surface area (Å²) in [7, 11) is 1.39. The van der Waals surface area contributed by atoms with E-state index in [1.165, 1.54) is 19.2 Å². The van der Waals surface area contributed by atoms with E-state index in [9.17, 15) is 22.4 Å². The summed E-state index contributed by atoms with van der Waals surface area (Å²) in [5.41, 5.74) is 1.71. The zero-order valence-electron chi connectivity index (χ0n) is 16.6. The van der Waals surface area contributed by atoms with Gasteiger partial charge in [0.1, 0.15) is 5.75 Å². The lowest BCUT2D eigenvalue weighted by Gasteiger charge is -2.31. The van der Waals surface area contributed by atoms with Crippen LogP contribution in [0.25, 0.3) is 10.9 Å². The Morgan fingerprint density at radius 1 is 1.00 bits per heavy atom. The van der Waals surface area contributed by atoms with Crippen LogP contribution in [-0.2, 0) is 6.42 Å². The van der Waals surface area contributed by atoms with Crippen LogP contribution in [0, 0.1) is 6.92 Å². The average molecular weight is 439 g/mol. The number of aryl methyl sites for hydroxylation is 1. The fraction of sp³-hybridized carbons (Fsp3) is 0.286. The molecule has 0 saturated carbocycles. The number of hydrogen-bond donors (Lipinski definition) is 1. The first-order chi connectivity index (χ1) is 14.6. The smallest absolute Gasteiger partial charge is 0.493 e. The van der Waals surface area contributed by atoms with Gasteiger partial charge in [-0.15, -0.1) is 0 Å². The van der Waals surface area contributed by atoms with Gasteiger partial charge in [-0.05, 0) is 31.5 Å². The molecule has 0 unspecified atom stereocenters. The first-order valence-corrected chi connectivity index (χ1v) is 9.25. The van der Waals surface area contributed by atoms with Gasteiger partial charge in [-0.2, -0.15) is 17.6 Å². The van der Waals surface area contributed by atoms with Crippen LogP contribution < -0.4 is 24.4 Å². The van der Waals surface area contributed by atoms with Crippen molar-refractivity contribution in [2.45, 2.75) is 32.5 Å². The number of ether oxygens (including phenoxy) is 4. The van der Waals surface area contributed by atoms with Gasteiger partial charge in [0, 0.05) is 28.8 Å². The molecule has 1 aliphatic heterocycles. The number of aromatic amines is 1. The van der Waals surface area contributed by atoms with Crippen molar-refractivity contribution in [2.75, 3.05) is 7.11 Å². The number of aromatic nitrogens is 1. The number of fused-ring (bicyclic) bond motifs is 2. The summed E-state index contributed by atoms with van der Waals surface area (Å²) in [6.45, 7) is 3.66. The molecule has 2 heterocycles. The lowest BCUT2D eigenvalue weighted by molar-refractivity contribution is -0.391. The zero-order valence-corrected chi connectivity index (χ0v) is 16.6. The SMILES string of the molecule is CCc1c(C)[nH]c2cc(OC)c(Oc3ccc4c(c3)OC(F)(F)C(F)(F)O4)cc2c1=O. The highest BCUT2D eigenvalue weighted by Crippen LogP contribution is 2.48. The van der Waals surface area contributed by atoms with Crippen LogP contribution >= 0.6 is 0 Å². The Hall–Kier alpha value is -3.43. The lowest BCUT2D eigenvalue weighted by atomic mass is 10.1. The third kappa shape index (κ3) is 3.41. The molecule has 10 heteroatoms. The summed E-state index contributed by atoms with van der Waals surface area (Å²) in [6, 6.07) is 6.28. The molecule has 0 bridgehead atoms. The third-order valence-corrected chi connectivity index (χ3v) is 4.91. The second-order valence-corrected chi connectivity index (χ2v) is 6.91. The van der Waals surface area contributed by atoms with Crippen LogP contribution in [0.3, 0.4) is 0 Å². The fourth-order valence-electron chi connectivity index (χ4n) is 3.36. The molecule has 0 fully saturated rings. The van der Waals surface area contributed by atoms with Crippen molar-refractivity contribution in [2.24, 2.45) is 0 Å². The van der Waals surface area contributed by atoms with Crippen molar-refractivity contribution in [3.05, 3.63) is 51.8 Å². The van der Waals surface area contributed by atoms with Crippen molar-refractivity contribution in [1.82, 2.24) is 4.98 Å². The van der Waals surface area contributed by atoms with Gasteiger partial charge in [0.15, 0.2) is 28.4 Å². The summed E-state index contributed by atoms with van der Waals surface area (Å²) in [4.78, 5) is 15.9. The largest absolute Gasteiger partial charge is 0.507 e. The summed E-state index contributed by atoms with van der Waals surface area (Å²) < 4.78 is 72.8. The Balaban J connectivity index is 1.76. The van der Waals surface area contributed by atoms with Gasteiger partial charge in [0.2, 0.25) is 0 Å². The van der Waals surface area contributed by atoms with Crippen molar-refractivity contribution in [1.29, 1.82) is 0 Å². The van der Waals surface area contributed by atoms with Gasteiger partial charge >= 0.3 is 12.2 Å². The first kappa shape index (κ1) is 20.8. The topological polar surface area (TPSA) is 69.8 Å².